The molecule has 0 aliphatic heterocycles. The Morgan fingerprint density at radius 2 is 0.469 bits per heavy atom. The van der Waals surface area contributed by atoms with Gasteiger partial charge < -0.3 is 33.8 Å². The van der Waals surface area contributed by atoms with Crippen LogP contribution in [0.5, 0.6) is 0 Å². The molecule has 0 spiro atoms. The number of carbonyl (C=O) groups is 4. The van der Waals surface area contributed by atoms with Gasteiger partial charge in [0.05, 0.1) is 26.4 Å². The number of rotatable bonds is 78. The molecule has 0 aromatic heterocycles. The van der Waals surface area contributed by atoms with Crippen molar-refractivity contribution in [1.82, 2.24) is 0 Å². The molecule has 0 aromatic rings. The van der Waals surface area contributed by atoms with E-state index in [0.29, 0.717) is 31.6 Å². The van der Waals surface area contributed by atoms with Crippen LogP contribution < -0.4 is 0 Å². The molecule has 0 fully saturated rings. The molecule has 98 heavy (non-hydrogen) atoms. The second kappa shape index (κ2) is 70.7. The molecule has 0 rings (SSSR count). The fraction of sp³-hybridized carbons (Fsp3) is 0.949. The summed E-state index contributed by atoms with van der Waals surface area (Å²) in [5.41, 5.74) is 0. The lowest BCUT2D eigenvalue weighted by molar-refractivity contribution is -0.161. The Balaban J connectivity index is 5.23. The summed E-state index contributed by atoms with van der Waals surface area (Å²) in [6.07, 6.45) is 59.8. The van der Waals surface area contributed by atoms with Crippen molar-refractivity contribution in [3.05, 3.63) is 0 Å². The summed E-state index contributed by atoms with van der Waals surface area (Å²) in [5, 5.41) is 10.6. The van der Waals surface area contributed by atoms with Crippen molar-refractivity contribution in [2.75, 3.05) is 39.6 Å². The zero-order chi connectivity index (χ0) is 72.1. The van der Waals surface area contributed by atoms with E-state index in [4.69, 9.17) is 37.0 Å². The molecule has 0 aromatic carbocycles. The summed E-state index contributed by atoms with van der Waals surface area (Å²) in [7, 11) is -9.92. The fourth-order valence-corrected chi connectivity index (χ4v) is 13.8. The molecule has 3 N–H and O–H groups in total. The zero-order valence-electron chi connectivity index (χ0n) is 64.1. The summed E-state index contributed by atoms with van der Waals surface area (Å²) < 4.78 is 68.6. The maximum atomic E-state index is 13.1. The Morgan fingerprint density at radius 1 is 0.276 bits per heavy atom. The molecule has 0 radical (unpaired) electrons. The summed E-state index contributed by atoms with van der Waals surface area (Å²) in [6, 6.07) is 0. The van der Waals surface area contributed by atoms with Gasteiger partial charge >= 0.3 is 39.5 Å². The van der Waals surface area contributed by atoms with Crippen LogP contribution in [0.25, 0.3) is 0 Å². The van der Waals surface area contributed by atoms with Gasteiger partial charge in [-0.3, -0.25) is 37.3 Å². The summed E-state index contributed by atoms with van der Waals surface area (Å²) in [6.45, 7) is 9.57. The Bertz CT molecular complexity index is 1890. The van der Waals surface area contributed by atoms with Crippen LogP contribution in [0.3, 0.4) is 0 Å². The van der Waals surface area contributed by atoms with Gasteiger partial charge in [0.2, 0.25) is 0 Å². The molecule has 0 aliphatic rings. The molecule has 17 nitrogen and oxygen atoms in total. The SMILES string of the molecule is CCCCCCCCCCCCCCCCCCCC(=O)OC[C@H](COP(=O)(O)OC[C@@H](O)COP(=O)(O)OC[C@@H](COC(=O)CCCCCCCCC(C)C)OC(=O)CCCCCCCCCCCCCCCCC)OC(=O)CCCCCCCCCCCCCCCCC(C)C. The van der Waals surface area contributed by atoms with E-state index in [1.54, 1.807) is 0 Å². The van der Waals surface area contributed by atoms with Gasteiger partial charge in [-0.2, -0.15) is 0 Å². The van der Waals surface area contributed by atoms with Crippen LogP contribution in [0.15, 0.2) is 0 Å². The van der Waals surface area contributed by atoms with Crippen LogP contribution in [0.4, 0.5) is 0 Å². The fourth-order valence-electron chi connectivity index (χ4n) is 12.2. The molecule has 0 bridgehead atoms. The van der Waals surface area contributed by atoms with Crippen molar-refractivity contribution in [3.63, 3.8) is 0 Å². The minimum Gasteiger partial charge on any atom is -0.462 e. The number of aliphatic hydroxyl groups excluding tert-OH is 1. The predicted molar refractivity (Wildman–Crippen MR) is 400 cm³/mol. The van der Waals surface area contributed by atoms with Crippen molar-refractivity contribution in [1.29, 1.82) is 0 Å². The first-order chi connectivity index (χ1) is 47.4. The standard InChI is InChI=1S/C79H154O17P2/c1-7-9-11-13-15-17-19-21-23-24-26-30-34-38-42-49-55-61-76(81)89-67-74(95-78(83)63-58-52-44-40-36-32-28-27-29-33-37-41-47-53-59-71(3)4)69-93-97(85,86)91-65-73(80)66-92-98(87,88)94-70-75(68-90-77(82)62-56-50-46-45-48-54-60-72(5)6)96-79(84)64-57-51-43-39-35-31-25-22-20-18-16-14-12-10-8-2/h71-75,80H,7-70H2,1-6H3,(H,85,86)(H,87,88)/t73-,74-,75-/m1/s1. The summed E-state index contributed by atoms with van der Waals surface area (Å²) in [4.78, 5) is 72.9. The van der Waals surface area contributed by atoms with Crippen molar-refractivity contribution in [2.45, 2.75) is 432 Å². The van der Waals surface area contributed by atoms with Gasteiger partial charge in [-0.05, 0) is 37.5 Å². The third-order valence-corrected chi connectivity index (χ3v) is 20.4. The van der Waals surface area contributed by atoms with E-state index in [2.05, 4.69) is 41.5 Å². The van der Waals surface area contributed by atoms with Crippen molar-refractivity contribution < 1.29 is 80.2 Å². The van der Waals surface area contributed by atoms with Crippen LogP contribution in [0.2, 0.25) is 0 Å². The molecule has 19 heteroatoms. The number of ether oxygens (including phenoxy) is 4. The third kappa shape index (κ3) is 72.4. The van der Waals surface area contributed by atoms with Gasteiger partial charge in [0.15, 0.2) is 12.2 Å². The second-order valence-electron chi connectivity index (χ2n) is 29.4. The van der Waals surface area contributed by atoms with Gasteiger partial charge in [0.25, 0.3) is 0 Å². The average molecular weight is 1440 g/mol. The lowest BCUT2D eigenvalue weighted by Gasteiger charge is -2.21. The van der Waals surface area contributed by atoms with E-state index in [0.717, 1.165) is 102 Å². The number of unbranched alkanes of at least 4 members (excludes halogenated alkanes) is 48. The Morgan fingerprint density at radius 3 is 0.694 bits per heavy atom. The minimum absolute atomic E-state index is 0.107. The molecule has 0 aliphatic carbocycles. The van der Waals surface area contributed by atoms with E-state index >= 15 is 0 Å². The predicted octanol–water partition coefficient (Wildman–Crippen LogP) is 23.5. The maximum Gasteiger partial charge on any atom is 0.472 e. The number of aliphatic hydroxyl groups is 1. The molecule has 2 unspecified atom stereocenters. The van der Waals surface area contributed by atoms with Gasteiger partial charge in [-0.15, -0.1) is 0 Å². The Kier molecular flexibility index (Phi) is 69.3. The van der Waals surface area contributed by atoms with Gasteiger partial charge in [0.1, 0.15) is 19.3 Å². The van der Waals surface area contributed by atoms with Crippen molar-refractivity contribution >= 4 is 39.5 Å². The van der Waals surface area contributed by atoms with E-state index in [-0.39, 0.29) is 25.7 Å². The Hall–Kier alpha value is -1.94. The highest BCUT2D eigenvalue weighted by Gasteiger charge is 2.30. The van der Waals surface area contributed by atoms with Gasteiger partial charge in [-0.25, -0.2) is 9.13 Å². The molecular weight excluding hydrogens is 1280 g/mol. The van der Waals surface area contributed by atoms with Gasteiger partial charge in [-0.1, -0.05) is 363 Å². The number of phosphoric acid groups is 2. The van der Waals surface area contributed by atoms with E-state index in [1.165, 1.54) is 225 Å². The van der Waals surface area contributed by atoms with Crippen LogP contribution in [-0.4, -0.2) is 96.7 Å². The normalized spacial score (nSPS) is 13.9. The summed E-state index contributed by atoms with van der Waals surface area (Å²) >= 11 is 0. The van der Waals surface area contributed by atoms with E-state index in [9.17, 15) is 43.2 Å². The zero-order valence-corrected chi connectivity index (χ0v) is 65.9. The lowest BCUT2D eigenvalue weighted by atomic mass is 10.0. The van der Waals surface area contributed by atoms with Crippen LogP contribution in [0, 0.1) is 11.8 Å². The molecule has 0 saturated heterocycles. The number of phosphoric ester groups is 2. The van der Waals surface area contributed by atoms with E-state index < -0.39 is 97.5 Å². The van der Waals surface area contributed by atoms with E-state index in [1.807, 2.05) is 0 Å². The first-order valence-electron chi connectivity index (χ1n) is 41.0. The van der Waals surface area contributed by atoms with Crippen LogP contribution in [0.1, 0.15) is 414 Å². The number of carbonyl (C=O) groups excluding carboxylic acids is 4. The largest absolute Gasteiger partial charge is 0.472 e. The first kappa shape index (κ1) is 96.1. The molecule has 0 heterocycles. The topological polar surface area (TPSA) is 237 Å². The minimum atomic E-state index is -4.96. The number of esters is 4. The lowest BCUT2D eigenvalue weighted by Crippen LogP contribution is -2.30. The average Bonchev–Trinajstić information content (AvgIpc) is 0.944. The smallest absolute Gasteiger partial charge is 0.462 e. The maximum absolute atomic E-state index is 13.1. The van der Waals surface area contributed by atoms with Gasteiger partial charge in [0, 0.05) is 25.7 Å². The second-order valence-corrected chi connectivity index (χ2v) is 32.3. The monoisotopic (exact) mass is 1440 g/mol. The molecule has 0 saturated carbocycles. The highest BCUT2D eigenvalue weighted by molar-refractivity contribution is 7.47. The molecule has 5 atom stereocenters. The third-order valence-electron chi connectivity index (χ3n) is 18.5. The molecular formula is C79H154O17P2. The van der Waals surface area contributed by atoms with Crippen LogP contribution >= 0.6 is 15.6 Å². The highest BCUT2D eigenvalue weighted by atomic mass is 31.2. The van der Waals surface area contributed by atoms with Crippen molar-refractivity contribution in [2.24, 2.45) is 11.8 Å². The first-order valence-corrected chi connectivity index (χ1v) is 44.0. The molecule has 0 amide bonds. The summed E-state index contributed by atoms with van der Waals surface area (Å²) in [5.74, 6) is -0.637. The molecule has 582 valence electrons. The number of hydrogen-bond donors (Lipinski definition) is 3. The highest BCUT2D eigenvalue weighted by Crippen LogP contribution is 2.45. The van der Waals surface area contributed by atoms with Crippen LogP contribution in [-0.2, 0) is 65.4 Å². The quantitative estimate of drug-likeness (QED) is 0.0222. The Labute approximate surface area is 600 Å². The number of hydrogen-bond acceptors (Lipinski definition) is 15. The van der Waals surface area contributed by atoms with Crippen molar-refractivity contribution in [3.8, 4) is 0 Å².